The van der Waals surface area contributed by atoms with Crippen LogP contribution in [0.4, 0.5) is 23.7 Å². The molecule has 0 atom stereocenters. The summed E-state index contributed by atoms with van der Waals surface area (Å²) in [4.78, 5) is 16.7. The molecule has 0 aliphatic rings. The van der Waals surface area contributed by atoms with Gasteiger partial charge < -0.3 is 15.4 Å². The topological polar surface area (TPSA) is 75.3 Å². The van der Waals surface area contributed by atoms with Crippen LogP contribution in [0.15, 0.2) is 78.0 Å². The van der Waals surface area contributed by atoms with Crippen molar-refractivity contribution in [2.45, 2.75) is 24.3 Å². The van der Waals surface area contributed by atoms with E-state index in [0.29, 0.717) is 17.8 Å². The minimum absolute atomic E-state index is 0.175. The van der Waals surface area contributed by atoms with E-state index in [0.717, 1.165) is 10.5 Å². The van der Waals surface area contributed by atoms with Gasteiger partial charge in [-0.1, -0.05) is 18.2 Å². The number of rotatable bonds is 8. The van der Waals surface area contributed by atoms with E-state index >= 15 is 0 Å². The quantitative estimate of drug-likeness (QED) is 0.418. The Morgan fingerprint density at radius 2 is 1.68 bits per heavy atom. The number of hydrogen-bond acceptors (Lipinski definition) is 5. The van der Waals surface area contributed by atoms with Crippen molar-refractivity contribution in [3.8, 4) is 5.75 Å². The Morgan fingerprint density at radius 1 is 0.968 bits per heavy atom. The van der Waals surface area contributed by atoms with Gasteiger partial charge in [-0.05, 0) is 60.0 Å². The molecule has 0 spiro atoms. The average molecular weight is 448 g/mol. The summed E-state index contributed by atoms with van der Waals surface area (Å²) in [7, 11) is 0. The maximum absolute atomic E-state index is 12.5. The van der Waals surface area contributed by atoms with Crippen molar-refractivity contribution in [2.75, 3.05) is 5.32 Å². The van der Waals surface area contributed by atoms with Gasteiger partial charge in [0, 0.05) is 41.6 Å². The van der Waals surface area contributed by atoms with E-state index in [2.05, 4.69) is 25.1 Å². The predicted octanol–water partition coefficient (Wildman–Crippen LogP) is 5.10. The van der Waals surface area contributed by atoms with E-state index in [1.807, 2.05) is 12.1 Å². The molecule has 31 heavy (non-hydrogen) atoms. The molecule has 0 fully saturated rings. The van der Waals surface area contributed by atoms with Crippen molar-refractivity contribution >= 4 is 23.7 Å². The Labute approximate surface area is 181 Å². The van der Waals surface area contributed by atoms with E-state index in [1.165, 1.54) is 24.1 Å². The summed E-state index contributed by atoms with van der Waals surface area (Å²) in [5, 5.41) is 5.48. The summed E-state index contributed by atoms with van der Waals surface area (Å²) in [6, 6.07) is 16.3. The van der Waals surface area contributed by atoms with Gasteiger partial charge in [0.25, 0.3) is 0 Å². The number of alkyl halides is 3. The fraction of sp³-hybridized carbons (Fsp3) is 0.143. The summed E-state index contributed by atoms with van der Waals surface area (Å²) >= 11 is 1.26. The monoisotopic (exact) mass is 448 g/mol. The third-order valence-electron chi connectivity index (χ3n) is 3.97. The van der Waals surface area contributed by atoms with Gasteiger partial charge in [0.15, 0.2) is 0 Å². The average Bonchev–Trinajstić information content (AvgIpc) is 2.74. The fourth-order valence-corrected chi connectivity index (χ4v) is 3.20. The molecule has 162 valence electrons. The lowest BCUT2D eigenvalue weighted by Crippen LogP contribution is -2.28. The van der Waals surface area contributed by atoms with Crippen molar-refractivity contribution in [1.29, 1.82) is 0 Å². The van der Waals surface area contributed by atoms with Gasteiger partial charge >= 0.3 is 12.4 Å². The van der Waals surface area contributed by atoms with Gasteiger partial charge in [0.1, 0.15) is 5.75 Å². The minimum Gasteiger partial charge on any atom is -0.405 e. The number of benzene rings is 2. The van der Waals surface area contributed by atoms with Crippen LogP contribution in [0.5, 0.6) is 5.75 Å². The van der Waals surface area contributed by atoms with Crippen LogP contribution in [0.2, 0.25) is 0 Å². The van der Waals surface area contributed by atoms with Crippen LogP contribution in [0.1, 0.15) is 11.1 Å². The Morgan fingerprint density at radius 3 is 2.39 bits per heavy atom. The Hall–Kier alpha value is -3.24. The van der Waals surface area contributed by atoms with Crippen LogP contribution in [-0.2, 0) is 13.1 Å². The van der Waals surface area contributed by atoms with Crippen molar-refractivity contribution < 1.29 is 22.7 Å². The number of aromatic nitrogens is 1. The molecule has 0 radical (unpaired) electrons. The number of amides is 2. The van der Waals surface area contributed by atoms with Crippen LogP contribution in [-0.4, -0.2) is 17.4 Å². The third-order valence-corrected chi connectivity index (χ3v) is 4.76. The number of para-hydroxylation sites is 1. The number of nitrogens with zero attached hydrogens (tertiary/aromatic N) is 1. The first-order valence-corrected chi connectivity index (χ1v) is 9.98. The zero-order chi connectivity index (χ0) is 22.1. The molecule has 3 N–H and O–H groups in total. The second-order valence-electron chi connectivity index (χ2n) is 6.27. The molecule has 0 saturated carbocycles. The van der Waals surface area contributed by atoms with Crippen molar-refractivity contribution in [3.05, 3.63) is 84.2 Å². The standard InChI is InChI=1S/C21H19F3N4O2S/c22-21(23,24)30-19-4-2-1-3-16(19)14-27-31-18-7-5-17(6-8-18)28-20(29)26-13-15-9-11-25-12-10-15/h1-12,27H,13-14H2,(H2,26,28,29). The molecule has 3 aromatic rings. The highest BCUT2D eigenvalue weighted by atomic mass is 32.2. The molecule has 0 aliphatic carbocycles. The summed E-state index contributed by atoms with van der Waals surface area (Å²) in [6.45, 7) is 0.556. The molecule has 0 bridgehead atoms. The SMILES string of the molecule is O=C(NCc1ccncc1)Nc1ccc(SNCc2ccccc2OC(F)(F)F)cc1. The normalized spacial score (nSPS) is 11.1. The van der Waals surface area contributed by atoms with Gasteiger partial charge in [-0.15, -0.1) is 13.2 Å². The van der Waals surface area contributed by atoms with E-state index in [-0.39, 0.29) is 18.3 Å². The van der Waals surface area contributed by atoms with Crippen LogP contribution in [0.3, 0.4) is 0 Å². The van der Waals surface area contributed by atoms with Crippen LogP contribution in [0, 0.1) is 0 Å². The number of carbonyl (C=O) groups is 1. The van der Waals surface area contributed by atoms with Gasteiger partial charge in [0.05, 0.1) is 0 Å². The van der Waals surface area contributed by atoms with Crippen molar-refractivity contribution in [2.24, 2.45) is 0 Å². The van der Waals surface area contributed by atoms with Crippen LogP contribution in [0.25, 0.3) is 0 Å². The smallest absolute Gasteiger partial charge is 0.405 e. The molecule has 2 aromatic carbocycles. The third kappa shape index (κ3) is 7.83. The highest BCUT2D eigenvalue weighted by Gasteiger charge is 2.31. The first kappa shape index (κ1) is 22.4. The fourth-order valence-electron chi connectivity index (χ4n) is 2.54. The first-order valence-electron chi connectivity index (χ1n) is 9.16. The summed E-state index contributed by atoms with van der Waals surface area (Å²) in [5.74, 6) is -0.236. The molecule has 1 heterocycles. The molecule has 1 aromatic heterocycles. The number of anilines is 1. The number of carbonyl (C=O) groups excluding carboxylic acids is 1. The van der Waals surface area contributed by atoms with E-state index in [4.69, 9.17) is 0 Å². The Balaban J connectivity index is 1.45. The maximum atomic E-state index is 12.5. The van der Waals surface area contributed by atoms with Gasteiger partial charge in [-0.2, -0.15) is 0 Å². The number of urea groups is 1. The largest absolute Gasteiger partial charge is 0.573 e. The molecular weight excluding hydrogens is 429 g/mol. The van der Waals surface area contributed by atoms with Crippen molar-refractivity contribution in [3.63, 3.8) is 0 Å². The van der Waals surface area contributed by atoms with E-state index in [9.17, 15) is 18.0 Å². The van der Waals surface area contributed by atoms with E-state index < -0.39 is 6.36 Å². The molecule has 0 saturated heterocycles. The lowest BCUT2D eigenvalue weighted by Gasteiger charge is -2.13. The molecular formula is C21H19F3N4O2S. The number of pyridine rings is 1. The lowest BCUT2D eigenvalue weighted by atomic mass is 10.2. The Kier molecular flexibility index (Phi) is 7.74. The minimum atomic E-state index is -4.74. The molecule has 3 rings (SSSR count). The summed E-state index contributed by atoms with van der Waals surface area (Å²) < 4.78 is 44.5. The molecule has 6 nitrogen and oxygen atoms in total. The maximum Gasteiger partial charge on any atom is 0.573 e. The molecule has 10 heteroatoms. The molecule has 0 aliphatic heterocycles. The second-order valence-corrected chi connectivity index (χ2v) is 7.23. The Bertz CT molecular complexity index is 986. The highest BCUT2D eigenvalue weighted by Crippen LogP contribution is 2.27. The number of nitrogens with one attached hydrogen (secondary N) is 3. The zero-order valence-corrected chi connectivity index (χ0v) is 17.0. The second kappa shape index (κ2) is 10.7. The summed E-state index contributed by atoms with van der Waals surface area (Å²) in [6.07, 6.45) is -1.43. The molecule has 2 amide bonds. The summed E-state index contributed by atoms with van der Waals surface area (Å²) in [5.41, 5.74) is 1.93. The van der Waals surface area contributed by atoms with E-state index in [1.54, 1.807) is 48.8 Å². The van der Waals surface area contributed by atoms with Gasteiger partial charge in [-0.3, -0.25) is 9.71 Å². The zero-order valence-electron chi connectivity index (χ0n) is 16.1. The molecule has 0 unspecified atom stereocenters. The highest BCUT2D eigenvalue weighted by molar-refractivity contribution is 7.97. The number of halogens is 3. The number of hydrogen-bond donors (Lipinski definition) is 3. The first-order chi connectivity index (χ1) is 14.9. The lowest BCUT2D eigenvalue weighted by molar-refractivity contribution is -0.274. The van der Waals surface area contributed by atoms with Crippen LogP contribution >= 0.6 is 11.9 Å². The van der Waals surface area contributed by atoms with Gasteiger partial charge in [0.2, 0.25) is 0 Å². The predicted molar refractivity (Wildman–Crippen MR) is 112 cm³/mol. The van der Waals surface area contributed by atoms with Crippen molar-refractivity contribution in [1.82, 2.24) is 15.0 Å². The van der Waals surface area contributed by atoms with Gasteiger partial charge in [-0.25, -0.2) is 4.79 Å². The van der Waals surface area contributed by atoms with Crippen LogP contribution < -0.4 is 20.1 Å². The number of ether oxygens (including phenoxy) is 1.